The maximum Gasteiger partial charge on any atom is 0.339 e. The maximum atomic E-state index is 11.9. The molecule has 17 heavy (non-hydrogen) atoms. The Kier molecular flexibility index (Phi) is 4.02. The average molecular weight is 263 g/mol. The second kappa shape index (κ2) is 5.11. The fourth-order valence-electron chi connectivity index (χ4n) is 1.13. The monoisotopic (exact) mass is 263 g/mol. The molecule has 8 heteroatoms. The summed E-state index contributed by atoms with van der Waals surface area (Å²) in [7, 11) is -3.99. The lowest BCUT2D eigenvalue weighted by molar-refractivity contribution is 0.0691. The molecule has 0 unspecified atom stereocenters. The highest BCUT2D eigenvalue weighted by atomic mass is 32.2. The van der Waals surface area contributed by atoms with Crippen molar-refractivity contribution >= 4 is 16.0 Å². The number of rotatable bonds is 5. The van der Waals surface area contributed by atoms with E-state index >= 15 is 0 Å². The van der Waals surface area contributed by atoms with Gasteiger partial charge >= 0.3 is 5.97 Å². The Morgan fingerprint density at radius 3 is 2.59 bits per heavy atom. The number of hydrogen-bond donors (Lipinski definition) is 2. The van der Waals surface area contributed by atoms with E-state index in [0.29, 0.717) is 0 Å². The van der Waals surface area contributed by atoms with E-state index in [-0.39, 0.29) is 22.8 Å². The summed E-state index contributed by atoms with van der Waals surface area (Å²) in [6.45, 7) is -1.09. The van der Waals surface area contributed by atoms with Crippen LogP contribution in [0.4, 0.5) is 4.39 Å². The van der Waals surface area contributed by atoms with Gasteiger partial charge in [0, 0.05) is 0 Å². The first kappa shape index (κ1) is 13.4. The van der Waals surface area contributed by atoms with Crippen molar-refractivity contribution in [1.29, 1.82) is 0 Å². The molecular formula is C9H10FNO5S. The van der Waals surface area contributed by atoms with Gasteiger partial charge in [-0.25, -0.2) is 22.7 Å². The van der Waals surface area contributed by atoms with Gasteiger partial charge in [0.1, 0.15) is 24.6 Å². The molecule has 0 saturated heterocycles. The highest BCUT2D eigenvalue weighted by Gasteiger charge is 2.16. The van der Waals surface area contributed by atoms with Crippen LogP contribution in [-0.4, -0.2) is 32.8 Å². The summed E-state index contributed by atoms with van der Waals surface area (Å²) in [4.78, 5) is 10.5. The average Bonchev–Trinajstić information content (AvgIpc) is 2.24. The Labute approximate surface area is 96.9 Å². The van der Waals surface area contributed by atoms with Gasteiger partial charge in [0.15, 0.2) is 0 Å². The Morgan fingerprint density at radius 1 is 1.47 bits per heavy atom. The molecule has 0 heterocycles. The first-order valence-electron chi connectivity index (χ1n) is 4.45. The fourth-order valence-corrected chi connectivity index (χ4v) is 1.67. The number of primary sulfonamides is 1. The lowest BCUT2D eigenvalue weighted by atomic mass is 10.2. The van der Waals surface area contributed by atoms with Gasteiger partial charge in [-0.2, -0.15) is 0 Å². The van der Waals surface area contributed by atoms with E-state index in [1.54, 1.807) is 0 Å². The number of alkyl halides is 1. The predicted octanol–water partition coefficient (Wildman–Crippen LogP) is 0.380. The van der Waals surface area contributed by atoms with Gasteiger partial charge in [0.2, 0.25) is 10.0 Å². The molecule has 0 aliphatic heterocycles. The van der Waals surface area contributed by atoms with E-state index in [4.69, 9.17) is 15.0 Å². The van der Waals surface area contributed by atoms with Crippen LogP contribution >= 0.6 is 0 Å². The van der Waals surface area contributed by atoms with Gasteiger partial charge in [-0.05, 0) is 18.2 Å². The zero-order valence-electron chi connectivity index (χ0n) is 8.59. The number of benzene rings is 1. The van der Waals surface area contributed by atoms with Crippen LogP contribution in [0.2, 0.25) is 0 Å². The van der Waals surface area contributed by atoms with Crippen LogP contribution in [0.25, 0.3) is 0 Å². The lowest BCUT2D eigenvalue weighted by Crippen LogP contribution is -2.14. The maximum absolute atomic E-state index is 11.9. The van der Waals surface area contributed by atoms with E-state index < -0.39 is 22.7 Å². The molecular weight excluding hydrogens is 253 g/mol. The SMILES string of the molecule is NS(=O)(=O)c1ccc(OCCF)c(C(=O)O)c1. The Bertz CT molecular complexity index is 528. The number of carbonyl (C=O) groups is 1. The van der Waals surface area contributed by atoms with Crippen molar-refractivity contribution in [2.75, 3.05) is 13.3 Å². The molecule has 0 aliphatic carbocycles. The predicted molar refractivity (Wildman–Crippen MR) is 56.2 cm³/mol. The van der Waals surface area contributed by atoms with Crippen molar-refractivity contribution in [2.45, 2.75) is 4.90 Å². The van der Waals surface area contributed by atoms with Crippen molar-refractivity contribution in [3.63, 3.8) is 0 Å². The van der Waals surface area contributed by atoms with Crippen LogP contribution in [0.5, 0.6) is 5.75 Å². The van der Waals surface area contributed by atoms with Crippen molar-refractivity contribution in [2.24, 2.45) is 5.14 Å². The molecule has 1 aromatic rings. The van der Waals surface area contributed by atoms with Crippen molar-refractivity contribution in [1.82, 2.24) is 0 Å². The molecule has 6 nitrogen and oxygen atoms in total. The Balaban J connectivity index is 3.22. The summed E-state index contributed by atoms with van der Waals surface area (Å²) in [5.74, 6) is -1.49. The normalized spacial score (nSPS) is 11.2. The quantitative estimate of drug-likeness (QED) is 0.798. The molecule has 1 rings (SSSR count). The second-order valence-corrected chi connectivity index (χ2v) is 4.61. The van der Waals surface area contributed by atoms with Crippen LogP contribution < -0.4 is 9.88 Å². The number of carboxylic acids is 1. The first-order chi connectivity index (χ1) is 7.86. The van der Waals surface area contributed by atoms with Gasteiger partial charge in [-0.3, -0.25) is 0 Å². The van der Waals surface area contributed by atoms with Crippen LogP contribution in [0.3, 0.4) is 0 Å². The third-order valence-electron chi connectivity index (χ3n) is 1.84. The van der Waals surface area contributed by atoms with Gasteiger partial charge in [0.25, 0.3) is 0 Å². The highest BCUT2D eigenvalue weighted by Crippen LogP contribution is 2.22. The molecule has 0 spiro atoms. The number of hydrogen-bond acceptors (Lipinski definition) is 4. The molecule has 0 aliphatic rings. The minimum atomic E-state index is -3.99. The minimum absolute atomic E-state index is 0.109. The van der Waals surface area contributed by atoms with Gasteiger partial charge in [-0.15, -0.1) is 0 Å². The van der Waals surface area contributed by atoms with Crippen LogP contribution in [0.1, 0.15) is 10.4 Å². The van der Waals surface area contributed by atoms with E-state index in [2.05, 4.69) is 0 Å². The smallest absolute Gasteiger partial charge is 0.339 e. The largest absolute Gasteiger partial charge is 0.490 e. The van der Waals surface area contributed by atoms with Crippen molar-refractivity contribution < 1.29 is 27.4 Å². The second-order valence-electron chi connectivity index (χ2n) is 3.05. The summed E-state index contributed by atoms with van der Waals surface area (Å²) in [5, 5.41) is 13.7. The minimum Gasteiger partial charge on any atom is -0.490 e. The zero-order valence-corrected chi connectivity index (χ0v) is 9.41. The third-order valence-corrected chi connectivity index (χ3v) is 2.76. The Hall–Kier alpha value is -1.67. The van der Waals surface area contributed by atoms with Crippen LogP contribution in [-0.2, 0) is 10.0 Å². The zero-order chi connectivity index (χ0) is 13.1. The molecule has 0 amide bonds. The van der Waals surface area contributed by atoms with Gasteiger partial charge < -0.3 is 9.84 Å². The summed E-state index contributed by atoms with van der Waals surface area (Å²) >= 11 is 0. The van der Waals surface area contributed by atoms with Crippen LogP contribution in [0.15, 0.2) is 23.1 Å². The summed E-state index contributed by atoms with van der Waals surface area (Å²) < 4.78 is 38.7. The van der Waals surface area contributed by atoms with Gasteiger partial charge in [-0.1, -0.05) is 0 Å². The number of ether oxygens (including phenoxy) is 1. The summed E-state index contributed by atoms with van der Waals surface area (Å²) in [6, 6.07) is 3.08. The fraction of sp³-hybridized carbons (Fsp3) is 0.222. The summed E-state index contributed by atoms with van der Waals surface area (Å²) in [6.07, 6.45) is 0. The van der Waals surface area contributed by atoms with Crippen molar-refractivity contribution in [3.8, 4) is 5.75 Å². The third kappa shape index (κ3) is 3.40. The van der Waals surface area contributed by atoms with Crippen LogP contribution in [0, 0.1) is 0 Å². The van der Waals surface area contributed by atoms with Crippen molar-refractivity contribution in [3.05, 3.63) is 23.8 Å². The molecule has 1 aromatic carbocycles. The lowest BCUT2D eigenvalue weighted by Gasteiger charge is -2.08. The molecule has 0 radical (unpaired) electrons. The number of sulfonamides is 1. The number of halogens is 1. The molecule has 94 valence electrons. The Morgan fingerprint density at radius 2 is 2.12 bits per heavy atom. The molecule has 0 aromatic heterocycles. The molecule has 0 fully saturated rings. The molecule has 0 saturated carbocycles. The van der Waals surface area contributed by atoms with E-state index in [1.165, 1.54) is 0 Å². The van der Waals surface area contributed by atoms with E-state index in [0.717, 1.165) is 18.2 Å². The number of carboxylic acid groups (broad SMARTS) is 1. The number of nitrogens with two attached hydrogens (primary N) is 1. The molecule has 0 atom stereocenters. The summed E-state index contributed by atoms with van der Waals surface area (Å²) in [5.41, 5.74) is -0.384. The van der Waals surface area contributed by atoms with Gasteiger partial charge in [0.05, 0.1) is 4.90 Å². The van der Waals surface area contributed by atoms with E-state index in [1.807, 2.05) is 0 Å². The molecule has 3 N–H and O–H groups in total. The molecule has 0 bridgehead atoms. The van der Waals surface area contributed by atoms with E-state index in [9.17, 15) is 17.6 Å². The number of aromatic carboxylic acids is 1. The standard InChI is InChI=1S/C9H10FNO5S/c10-3-4-16-8-2-1-6(17(11,14)15)5-7(8)9(12)13/h1-2,5H,3-4H2,(H,12,13)(H2,11,14,15). The first-order valence-corrected chi connectivity index (χ1v) is 6.00. The topological polar surface area (TPSA) is 107 Å². The highest BCUT2D eigenvalue weighted by molar-refractivity contribution is 7.89.